The second-order valence-corrected chi connectivity index (χ2v) is 25.6. The van der Waals surface area contributed by atoms with Gasteiger partial charge < -0.3 is 20.3 Å². The van der Waals surface area contributed by atoms with Crippen LogP contribution in [0.1, 0.15) is 425 Å². The number of carbonyl (C=O) groups is 2. The van der Waals surface area contributed by atoms with E-state index >= 15 is 0 Å². The lowest BCUT2D eigenvalue weighted by Crippen LogP contribution is -2.45. The summed E-state index contributed by atoms with van der Waals surface area (Å²) in [5.74, 6) is -0.0349. The number of nitrogens with one attached hydrogen (secondary N) is 1. The Balaban J connectivity index is 3.30. The second-order valence-electron chi connectivity index (χ2n) is 25.6. The van der Waals surface area contributed by atoms with Gasteiger partial charge in [0.25, 0.3) is 0 Å². The first-order valence-corrected chi connectivity index (χ1v) is 37.0. The molecule has 0 fully saturated rings. The van der Waals surface area contributed by atoms with E-state index < -0.39 is 12.1 Å². The molecule has 3 N–H and O–H groups in total. The lowest BCUT2D eigenvalue weighted by Gasteiger charge is -2.20. The van der Waals surface area contributed by atoms with Crippen LogP contribution in [0.2, 0.25) is 0 Å². The predicted molar refractivity (Wildman–Crippen MR) is 352 cm³/mol. The molecule has 6 nitrogen and oxygen atoms in total. The zero-order chi connectivity index (χ0) is 57.8. The van der Waals surface area contributed by atoms with Gasteiger partial charge in [0.1, 0.15) is 0 Å². The zero-order valence-corrected chi connectivity index (χ0v) is 54.6. The highest BCUT2D eigenvalue weighted by Gasteiger charge is 2.18. The standard InChI is InChI=1S/C74H145NO5/c1-3-5-7-9-11-13-15-17-18-19-37-40-44-48-52-56-60-64-68-74(79)80-69-65-61-57-53-49-45-41-38-35-33-31-29-27-25-23-21-20-22-24-26-28-30-32-34-36-39-43-47-51-55-59-63-67-73(78)75-71(70-76)72(77)66-62-58-54-50-46-42-16-14-12-10-8-6-4-2/h62,66,71-72,76-77H,3-61,63-65,67-70H2,1-2H3,(H,75,78)/b66-62+. The van der Waals surface area contributed by atoms with Crippen LogP contribution >= 0.6 is 0 Å². The molecule has 80 heavy (non-hydrogen) atoms. The quantitative estimate of drug-likeness (QED) is 0.0320. The van der Waals surface area contributed by atoms with E-state index in [1.165, 1.54) is 360 Å². The van der Waals surface area contributed by atoms with Crippen molar-refractivity contribution < 1.29 is 24.5 Å². The van der Waals surface area contributed by atoms with Gasteiger partial charge in [0.15, 0.2) is 0 Å². The molecule has 0 aliphatic heterocycles. The van der Waals surface area contributed by atoms with Gasteiger partial charge in [-0.25, -0.2) is 0 Å². The molecular weight excluding hydrogens is 983 g/mol. The number of hydrogen-bond donors (Lipinski definition) is 3. The molecule has 0 aromatic rings. The Morgan fingerprint density at radius 3 is 0.850 bits per heavy atom. The molecule has 0 saturated heterocycles. The molecule has 0 aliphatic carbocycles. The lowest BCUT2D eigenvalue weighted by atomic mass is 10.0. The number of unbranched alkanes of at least 4 members (excludes halogenated alkanes) is 59. The molecule has 0 bridgehead atoms. The smallest absolute Gasteiger partial charge is 0.305 e. The average Bonchev–Trinajstić information content (AvgIpc) is 3.46. The molecule has 0 spiro atoms. The average molecular weight is 1130 g/mol. The number of rotatable bonds is 70. The number of aliphatic hydroxyl groups is 2. The van der Waals surface area contributed by atoms with Crippen LogP contribution in [-0.4, -0.2) is 47.4 Å². The van der Waals surface area contributed by atoms with E-state index in [4.69, 9.17) is 4.74 Å². The third kappa shape index (κ3) is 65.7. The first kappa shape index (κ1) is 78.6. The Bertz CT molecular complexity index is 1210. The molecule has 6 heteroatoms. The normalized spacial score (nSPS) is 12.5. The molecule has 2 atom stereocenters. The topological polar surface area (TPSA) is 95.9 Å². The van der Waals surface area contributed by atoms with E-state index in [1.807, 2.05) is 6.08 Å². The first-order chi connectivity index (χ1) is 39.5. The van der Waals surface area contributed by atoms with Crippen molar-refractivity contribution in [2.45, 2.75) is 437 Å². The van der Waals surface area contributed by atoms with Crippen molar-refractivity contribution in [3.63, 3.8) is 0 Å². The van der Waals surface area contributed by atoms with Crippen LogP contribution in [-0.2, 0) is 14.3 Å². The van der Waals surface area contributed by atoms with Gasteiger partial charge >= 0.3 is 5.97 Å². The minimum absolute atomic E-state index is 0.0263. The van der Waals surface area contributed by atoms with Gasteiger partial charge in [-0.1, -0.05) is 392 Å². The summed E-state index contributed by atoms with van der Waals surface area (Å²) in [7, 11) is 0. The maximum absolute atomic E-state index is 12.5. The van der Waals surface area contributed by atoms with Gasteiger partial charge in [-0.3, -0.25) is 9.59 Å². The Morgan fingerprint density at radius 1 is 0.338 bits per heavy atom. The zero-order valence-electron chi connectivity index (χ0n) is 54.6. The summed E-state index contributed by atoms with van der Waals surface area (Å²) >= 11 is 0. The number of aliphatic hydroxyl groups excluding tert-OH is 2. The summed E-state index contributed by atoms with van der Waals surface area (Å²) in [5.41, 5.74) is 0. The van der Waals surface area contributed by atoms with Crippen molar-refractivity contribution in [2.75, 3.05) is 13.2 Å². The minimum atomic E-state index is -0.840. The highest BCUT2D eigenvalue weighted by atomic mass is 16.5. The van der Waals surface area contributed by atoms with E-state index in [2.05, 4.69) is 19.2 Å². The molecule has 0 rings (SSSR count). The number of ether oxygens (including phenoxy) is 1. The summed E-state index contributed by atoms with van der Waals surface area (Å²) < 4.78 is 5.52. The van der Waals surface area contributed by atoms with E-state index in [0.29, 0.717) is 19.4 Å². The SMILES string of the molecule is CCCCCCCCCCCCC/C=C/C(O)C(CO)NC(=O)CCCCCCCCCCCCCCCCCCCCCCCCCCCCCCCCCCOC(=O)CCCCCCCCCCCCCCCCCCCC. The maximum atomic E-state index is 12.5. The van der Waals surface area contributed by atoms with Crippen LogP contribution in [0, 0.1) is 0 Å². The molecule has 1 amide bonds. The van der Waals surface area contributed by atoms with E-state index in [0.717, 1.165) is 38.5 Å². The minimum Gasteiger partial charge on any atom is -0.466 e. The fourth-order valence-corrected chi connectivity index (χ4v) is 11.9. The molecule has 0 heterocycles. The highest BCUT2D eigenvalue weighted by molar-refractivity contribution is 5.76. The molecule has 476 valence electrons. The number of amides is 1. The lowest BCUT2D eigenvalue weighted by molar-refractivity contribution is -0.143. The number of esters is 1. The van der Waals surface area contributed by atoms with Crippen molar-refractivity contribution in [1.82, 2.24) is 5.32 Å². The molecule has 0 aromatic carbocycles. The van der Waals surface area contributed by atoms with Crippen molar-refractivity contribution in [3.8, 4) is 0 Å². The van der Waals surface area contributed by atoms with Crippen LogP contribution in [0.5, 0.6) is 0 Å². The summed E-state index contributed by atoms with van der Waals surface area (Å²) in [4.78, 5) is 24.6. The molecule has 0 aromatic heterocycles. The molecule has 0 radical (unpaired) electrons. The van der Waals surface area contributed by atoms with Crippen LogP contribution < -0.4 is 5.32 Å². The molecule has 2 unspecified atom stereocenters. The first-order valence-electron chi connectivity index (χ1n) is 37.0. The van der Waals surface area contributed by atoms with Gasteiger partial charge in [0.05, 0.1) is 25.4 Å². The third-order valence-corrected chi connectivity index (χ3v) is 17.6. The van der Waals surface area contributed by atoms with E-state index in [-0.39, 0.29) is 18.5 Å². The number of hydrogen-bond acceptors (Lipinski definition) is 5. The van der Waals surface area contributed by atoms with Gasteiger partial charge in [-0.05, 0) is 32.1 Å². The summed E-state index contributed by atoms with van der Waals surface area (Å²) in [6, 6.07) is -0.623. The Labute approximate surface area is 501 Å². The highest BCUT2D eigenvalue weighted by Crippen LogP contribution is 2.20. The molecular formula is C74H145NO5. The van der Waals surface area contributed by atoms with Gasteiger partial charge in [-0.15, -0.1) is 0 Å². The number of carbonyl (C=O) groups excluding carboxylic acids is 2. The van der Waals surface area contributed by atoms with Crippen LogP contribution in [0.3, 0.4) is 0 Å². The van der Waals surface area contributed by atoms with Crippen molar-refractivity contribution in [1.29, 1.82) is 0 Å². The number of allylic oxidation sites excluding steroid dienone is 1. The van der Waals surface area contributed by atoms with Crippen molar-refractivity contribution in [3.05, 3.63) is 12.2 Å². The predicted octanol–water partition coefficient (Wildman–Crippen LogP) is 23.9. The van der Waals surface area contributed by atoms with E-state index in [9.17, 15) is 19.8 Å². The van der Waals surface area contributed by atoms with Crippen LogP contribution in [0.4, 0.5) is 0 Å². The Morgan fingerprint density at radius 2 is 0.575 bits per heavy atom. The Hall–Kier alpha value is -1.40. The van der Waals surface area contributed by atoms with Crippen LogP contribution in [0.25, 0.3) is 0 Å². The summed E-state index contributed by atoms with van der Waals surface area (Å²) in [6.07, 6.45) is 87.5. The van der Waals surface area contributed by atoms with Gasteiger partial charge in [-0.2, -0.15) is 0 Å². The van der Waals surface area contributed by atoms with Crippen molar-refractivity contribution in [2.24, 2.45) is 0 Å². The molecule has 0 aliphatic rings. The van der Waals surface area contributed by atoms with Gasteiger partial charge in [0, 0.05) is 12.8 Å². The third-order valence-electron chi connectivity index (χ3n) is 17.6. The monoisotopic (exact) mass is 1130 g/mol. The maximum Gasteiger partial charge on any atom is 0.305 e. The van der Waals surface area contributed by atoms with Crippen LogP contribution in [0.15, 0.2) is 12.2 Å². The largest absolute Gasteiger partial charge is 0.466 e. The fraction of sp³-hybridized carbons (Fsp3) is 0.946. The van der Waals surface area contributed by atoms with E-state index in [1.54, 1.807) is 6.08 Å². The summed E-state index contributed by atoms with van der Waals surface area (Å²) in [6.45, 7) is 4.95. The van der Waals surface area contributed by atoms with Gasteiger partial charge in [0.2, 0.25) is 5.91 Å². The second kappa shape index (κ2) is 70.1. The fourth-order valence-electron chi connectivity index (χ4n) is 11.9. The van der Waals surface area contributed by atoms with Crippen molar-refractivity contribution >= 4 is 11.9 Å². The summed E-state index contributed by atoms with van der Waals surface area (Å²) in [5, 5.41) is 23.1. The Kier molecular flexibility index (Phi) is 68.9. The molecule has 0 saturated carbocycles.